The first-order valence-electron chi connectivity index (χ1n) is 10.7. The molecule has 5 nitrogen and oxygen atoms in total. The Bertz CT molecular complexity index is 1250. The Morgan fingerprint density at radius 2 is 1.91 bits per heavy atom. The number of carbonyl (C=O) groups excluding carboxylic acids is 1. The smallest absolute Gasteiger partial charge is 0.251 e. The third-order valence-electron chi connectivity index (χ3n) is 5.34. The van der Waals surface area contributed by atoms with Crippen molar-refractivity contribution in [2.45, 2.75) is 33.4 Å². The van der Waals surface area contributed by atoms with E-state index in [9.17, 15) is 4.79 Å². The molecule has 3 aromatic carbocycles. The maximum Gasteiger partial charge on any atom is 0.251 e. The van der Waals surface area contributed by atoms with Gasteiger partial charge in [0, 0.05) is 17.1 Å². The molecular formula is C26H26ClN3O2. The van der Waals surface area contributed by atoms with Gasteiger partial charge in [0.2, 0.25) is 0 Å². The Balaban J connectivity index is 1.43. The first kappa shape index (κ1) is 21.9. The molecule has 0 radical (unpaired) electrons. The first-order valence-corrected chi connectivity index (χ1v) is 11.1. The Morgan fingerprint density at radius 1 is 1.06 bits per heavy atom. The lowest BCUT2D eigenvalue weighted by Gasteiger charge is -2.12. The number of rotatable bonds is 8. The molecular weight excluding hydrogens is 422 g/mol. The van der Waals surface area contributed by atoms with Gasteiger partial charge in [-0.05, 0) is 62.2 Å². The normalized spacial score (nSPS) is 11.0. The van der Waals surface area contributed by atoms with Gasteiger partial charge in [-0.3, -0.25) is 4.79 Å². The SMILES string of the molecule is Cc1ccc(OCCCn2c(CNC(=O)c3cccc(Cl)c3)nc3ccccc32)c(C)c1. The number of fused-ring (bicyclic) bond motifs is 1. The van der Waals surface area contributed by atoms with Gasteiger partial charge in [-0.15, -0.1) is 0 Å². The second kappa shape index (κ2) is 9.88. The van der Waals surface area contributed by atoms with Gasteiger partial charge in [-0.25, -0.2) is 4.98 Å². The fourth-order valence-electron chi connectivity index (χ4n) is 3.77. The van der Waals surface area contributed by atoms with E-state index in [1.165, 1.54) is 5.56 Å². The largest absolute Gasteiger partial charge is 0.493 e. The van der Waals surface area contributed by atoms with Crippen LogP contribution in [0.25, 0.3) is 11.0 Å². The van der Waals surface area contributed by atoms with E-state index in [1.54, 1.807) is 24.3 Å². The summed E-state index contributed by atoms with van der Waals surface area (Å²) in [5.74, 6) is 1.55. The molecule has 4 aromatic rings. The summed E-state index contributed by atoms with van der Waals surface area (Å²) in [6.07, 6.45) is 0.822. The summed E-state index contributed by atoms with van der Waals surface area (Å²) in [7, 11) is 0. The molecule has 0 bridgehead atoms. The van der Waals surface area contributed by atoms with Gasteiger partial charge >= 0.3 is 0 Å². The monoisotopic (exact) mass is 447 g/mol. The molecule has 32 heavy (non-hydrogen) atoms. The third-order valence-corrected chi connectivity index (χ3v) is 5.58. The third kappa shape index (κ3) is 5.11. The molecule has 0 saturated heterocycles. The van der Waals surface area contributed by atoms with Gasteiger partial charge in [0.05, 0.1) is 24.2 Å². The average Bonchev–Trinajstić information content (AvgIpc) is 3.13. The minimum Gasteiger partial charge on any atom is -0.493 e. The predicted octanol–water partition coefficient (Wildman–Crippen LogP) is 5.71. The molecule has 0 fully saturated rings. The maximum absolute atomic E-state index is 12.5. The van der Waals surface area contributed by atoms with Crippen LogP contribution in [0, 0.1) is 13.8 Å². The van der Waals surface area contributed by atoms with Crippen LogP contribution in [0.4, 0.5) is 0 Å². The number of para-hydroxylation sites is 2. The molecule has 1 amide bonds. The number of hydrogen-bond donors (Lipinski definition) is 1. The molecule has 0 unspecified atom stereocenters. The van der Waals surface area contributed by atoms with E-state index in [0.717, 1.165) is 41.1 Å². The molecule has 1 heterocycles. The molecule has 1 aromatic heterocycles. The van der Waals surface area contributed by atoms with Crippen molar-refractivity contribution in [3.8, 4) is 5.75 Å². The topological polar surface area (TPSA) is 56.1 Å². The number of carbonyl (C=O) groups is 1. The average molecular weight is 448 g/mol. The molecule has 0 aliphatic carbocycles. The highest BCUT2D eigenvalue weighted by molar-refractivity contribution is 6.30. The highest BCUT2D eigenvalue weighted by atomic mass is 35.5. The van der Waals surface area contributed by atoms with E-state index >= 15 is 0 Å². The number of nitrogens with zero attached hydrogens (tertiary/aromatic N) is 2. The van der Waals surface area contributed by atoms with Crippen molar-refractivity contribution >= 4 is 28.5 Å². The Kier molecular flexibility index (Phi) is 6.76. The summed E-state index contributed by atoms with van der Waals surface area (Å²) in [6, 6.07) is 21.1. The number of aryl methyl sites for hydroxylation is 3. The van der Waals surface area contributed by atoms with Crippen molar-refractivity contribution in [3.63, 3.8) is 0 Å². The van der Waals surface area contributed by atoms with Gasteiger partial charge in [-0.2, -0.15) is 0 Å². The summed E-state index contributed by atoms with van der Waals surface area (Å²) in [5, 5.41) is 3.50. The summed E-state index contributed by atoms with van der Waals surface area (Å²) < 4.78 is 8.14. The molecule has 164 valence electrons. The lowest BCUT2D eigenvalue weighted by atomic mass is 10.1. The Labute approximate surface area is 193 Å². The molecule has 0 atom stereocenters. The fraction of sp³-hybridized carbons (Fsp3) is 0.231. The number of halogens is 1. The fourth-order valence-corrected chi connectivity index (χ4v) is 3.96. The molecule has 6 heteroatoms. The lowest BCUT2D eigenvalue weighted by Crippen LogP contribution is -2.25. The molecule has 0 aliphatic heterocycles. The van der Waals surface area contributed by atoms with E-state index in [2.05, 4.69) is 41.9 Å². The second-order valence-corrected chi connectivity index (χ2v) is 8.27. The van der Waals surface area contributed by atoms with Crippen LogP contribution < -0.4 is 10.1 Å². The summed E-state index contributed by atoms with van der Waals surface area (Å²) >= 11 is 6.01. The van der Waals surface area contributed by atoms with Gasteiger partial charge < -0.3 is 14.6 Å². The van der Waals surface area contributed by atoms with Gasteiger partial charge in [0.15, 0.2) is 0 Å². The number of amides is 1. The van der Waals surface area contributed by atoms with E-state index in [1.807, 2.05) is 24.3 Å². The van der Waals surface area contributed by atoms with E-state index in [-0.39, 0.29) is 5.91 Å². The van der Waals surface area contributed by atoms with Crippen molar-refractivity contribution in [1.29, 1.82) is 0 Å². The highest BCUT2D eigenvalue weighted by Gasteiger charge is 2.13. The van der Waals surface area contributed by atoms with Crippen LogP contribution in [0.2, 0.25) is 5.02 Å². The highest BCUT2D eigenvalue weighted by Crippen LogP contribution is 2.20. The minimum atomic E-state index is -0.177. The van der Waals surface area contributed by atoms with Gasteiger partial charge in [-0.1, -0.05) is 47.5 Å². The van der Waals surface area contributed by atoms with Crippen molar-refractivity contribution in [2.24, 2.45) is 0 Å². The van der Waals surface area contributed by atoms with E-state index in [0.29, 0.717) is 23.7 Å². The summed E-state index contributed by atoms with van der Waals surface area (Å²) in [5.41, 5.74) is 4.86. The van der Waals surface area contributed by atoms with Crippen molar-refractivity contribution < 1.29 is 9.53 Å². The van der Waals surface area contributed by atoms with Gasteiger partial charge in [0.25, 0.3) is 5.91 Å². The van der Waals surface area contributed by atoms with Gasteiger partial charge in [0.1, 0.15) is 11.6 Å². The summed E-state index contributed by atoms with van der Waals surface area (Å²) in [4.78, 5) is 17.3. The minimum absolute atomic E-state index is 0.177. The number of hydrogen-bond acceptors (Lipinski definition) is 3. The molecule has 0 saturated carbocycles. The van der Waals surface area contributed by atoms with Crippen molar-refractivity contribution in [1.82, 2.24) is 14.9 Å². The Morgan fingerprint density at radius 3 is 2.72 bits per heavy atom. The summed E-state index contributed by atoms with van der Waals surface area (Å²) in [6.45, 7) is 5.82. The van der Waals surface area contributed by atoms with Crippen LogP contribution in [-0.4, -0.2) is 22.1 Å². The predicted molar refractivity (Wildman–Crippen MR) is 128 cm³/mol. The van der Waals surface area contributed by atoms with E-state index in [4.69, 9.17) is 21.3 Å². The first-order chi connectivity index (χ1) is 15.5. The van der Waals surface area contributed by atoms with Crippen LogP contribution in [-0.2, 0) is 13.1 Å². The number of benzene rings is 3. The van der Waals surface area contributed by atoms with E-state index < -0.39 is 0 Å². The number of imidazole rings is 1. The molecule has 1 N–H and O–H groups in total. The maximum atomic E-state index is 12.5. The van der Waals surface area contributed by atoms with Crippen molar-refractivity contribution in [3.05, 3.63) is 94.3 Å². The van der Waals surface area contributed by atoms with Crippen LogP contribution >= 0.6 is 11.6 Å². The zero-order valence-electron chi connectivity index (χ0n) is 18.3. The quantitative estimate of drug-likeness (QED) is 0.352. The number of nitrogens with one attached hydrogen (secondary N) is 1. The van der Waals surface area contributed by atoms with Crippen LogP contribution in [0.3, 0.4) is 0 Å². The standard InChI is InChI=1S/C26H26ClN3O2/c1-18-11-12-24(19(2)15-18)32-14-6-13-30-23-10-4-3-9-22(23)29-25(30)17-28-26(31)20-7-5-8-21(27)16-20/h3-5,7-12,15-16H,6,13-14,17H2,1-2H3,(H,28,31). The lowest BCUT2D eigenvalue weighted by molar-refractivity contribution is 0.0949. The molecule has 0 spiro atoms. The Hall–Kier alpha value is -3.31. The zero-order chi connectivity index (χ0) is 22.5. The zero-order valence-corrected chi connectivity index (χ0v) is 19.0. The van der Waals surface area contributed by atoms with Crippen LogP contribution in [0.15, 0.2) is 66.7 Å². The number of aromatic nitrogens is 2. The number of ether oxygens (including phenoxy) is 1. The van der Waals surface area contributed by atoms with Crippen LogP contribution in [0.1, 0.15) is 33.7 Å². The van der Waals surface area contributed by atoms with Crippen LogP contribution in [0.5, 0.6) is 5.75 Å². The second-order valence-electron chi connectivity index (χ2n) is 7.83. The molecule has 4 rings (SSSR count). The van der Waals surface area contributed by atoms with Crippen molar-refractivity contribution in [2.75, 3.05) is 6.61 Å². The molecule has 0 aliphatic rings.